The molecule has 2 N–H and O–H groups in total. The molecule has 0 atom stereocenters. The molecule has 2 amide bonds. The molecule has 0 saturated carbocycles. The third kappa shape index (κ3) is 4.49. The summed E-state index contributed by atoms with van der Waals surface area (Å²) < 4.78 is 32.8. The molecule has 4 rings (SSSR count). The van der Waals surface area contributed by atoms with Crippen molar-refractivity contribution in [3.63, 3.8) is 0 Å². The Bertz CT molecular complexity index is 1200. The summed E-state index contributed by atoms with van der Waals surface area (Å²) in [6, 6.07) is 20.4. The van der Waals surface area contributed by atoms with Crippen molar-refractivity contribution in [2.24, 2.45) is 0 Å². The molecule has 0 unspecified atom stereocenters. The first kappa shape index (κ1) is 20.7. The van der Waals surface area contributed by atoms with Crippen LogP contribution in [0.2, 0.25) is 0 Å². The highest BCUT2D eigenvalue weighted by molar-refractivity contribution is 7.92. The Morgan fingerprint density at radius 1 is 0.935 bits per heavy atom. The summed E-state index contributed by atoms with van der Waals surface area (Å²) in [5, 5.41) is 5.57. The molecule has 0 aromatic heterocycles. The molecule has 0 saturated heterocycles. The van der Waals surface area contributed by atoms with Gasteiger partial charge in [-0.1, -0.05) is 24.3 Å². The Balaban J connectivity index is 1.52. The summed E-state index contributed by atoms with van der Waals surface area (Å²) in [5.74, 6) is 0.645. The molecule has 1 aliphatic rings. The van der Waals surface area contributed by atoms with Crippen LogP contribution in [0.1, 0.15) is 12.0 Å². The van der Waals surface area contributed by atoms with E-state index in [4.69, 9.17) is 4.74 Å². The third-order valence-corrected chi connectivity index (χ3v) is 6.90. The highest BCUT2D eigenvalue weighted by Gasteiger charge is 2.29. The van der Waals surface area contributed by atoms with Crippen molar-refractivity contribution in [1.82, 2.24) is 0 Å². The van der Waals surface area contributed by atoms with Crippen LogP contribution in [0, 0.1) is 0 Å². The molecule has 1 aliphatic heterocycles. The monoisotopic (exact) mass is 437 g/mol. The van der Waals surface area contributed by atoms with Gasteiger partial charge in [0.15, 0.2) is 0 Å². The zero-order chi connectivity index (χ0) is 21.8. The largest absolute Gasteiger partial charge is 0.497 e. The summed E-state index contributed by atoms with van der Waals surface area (Å²) in [4.78, 5) is 12.7. The van der Waals surface area contributed by atoms with Crippen molar-refractivity contribution in [3.8, 4) is 5.75 Å². The Morgan fingerprint density at radius 3 is 2.42 bits per heavy atom. The van der Waals surface area contributed by atoms with Gasteiger partial charge < -0.3 is 15.4 Å². The number of nitrogens with one attached hydrogen (secondary N) is 2. The molecule has 0 radical (unpaired) electrons. The lowest BCUT2D eigenvalue weighted by Gasteiger charge is -2.30. The van der Waals surface area contributed by atoms with Gasteiger partial charge in [0.1, 0.15) is 5.75 Å². The molecule has 31 heavy (non-hydrogen) atoms. The van der Waals surface area contributed by atoms with Gasteiger partial charge in [-0.3, -0.25) is 4.31 Å². The standard InChI is InChI=1S/C23H23N3O4S/c1-30-20-9-5-8-18(16-20)24-23(27)25-19-12-13-22-17(15-19)7-6-14-26(22)31(28,29)21-10-3-2-4-11-21/h2-5,8-13,15-16H,6-7,14H2,1H3,(H2,24,25,27). The number of aryl methyl sites for hydroxylation is 1. The molecular weight excluding hydrogens is 414 g/mol. The van der Waals surface area contributed by atoms with Gasteiger partial charge in [0, 0.05) is 24.0 Å². The average molecular weight is 438 g/mol. The number of sulfonamides is 1. The van der Waals surface area contributed by atoms with E-state index in [0.29, 0.717) is 35.8 Å². The first-order chi connectivity index (χ1) is 15.0. The van der Waals surface area contributed by atoms with Crippen LogP contribution in [0.15, 0.2) is 77.7 Å². The second kappa shape index (κ2) is 8.69. The van der Waals surface area contributed by atoms with Gasteiger partial charge in [-0.05, 0) is 60.9 Å². The molecule has 7 nitrogen and oxygen atoms in total. The topological polar surface area (TPSA) is 87.7 Å². The third-order valence-electron chi connectivity index (χ3n) is 5.07. The number of benzene rings is 3. The van der Waals surface area contributed by atoms with E-state index in [2.05, 4.69) is 10.6 Å². The van der Waals surface area contributed by atoms with Crippen LogP contribution in [0.5, 0.6) is 5.75 Å². The van der Waals surface area contributed by atoms with Crippen molar-refractivity contribution in [2.75, 3.05) is 28.6 Å². The van der Waals surface area contributed by atoms with Crippen LogP contribution < -0.4 is 19.7 Å². The van der Waals surface area contributed by atoms with E-state index >= 15 is 0 Å². The Kier molecular flexibility index (Phi) is 5.81. The SMILES string of the molecule is COc1cccc(NC(=O)Nc2ccc3c(c2)CCCN3S(=O)(=O)c2ccccc2)c1. The minimum absolute atomic E-state index is 0.266. The molecule has 3 aromatic carbocycles. The van der Waals surface area contributed by atoms with E-state index in [1.165, 1.54) is 4.31 Å². The first-order valence-electron chi connectivity index (χ1n) is 9.90. The normalized spacial score (nSPS) is 13.3. The number of ether oxygens (including phenoxy) is 1. The fourth-order valence-electron chi connectivity index (χ4n) is 3.60. The highest BCUT2D eigenvalue weighted by Crippen LogP contribution is 2.33. The van der Waals surface area contributed by atoms with Crippen LogP contribution in [0.25, 0.3) is 0 Å². The van der Waals surface area contributed by atoms with E-state index in [1.54, 1.807) is 73.8 Å². The molecule has 1 heterocycles. The number of methoxy groups -OCH3 is 1. The fourth-order valence-corrected chi connectivity index (χ4v) is 5.17. The zero-order valence-electron chi connectivity index (χ0n) is 17.0. The van der Waals surface area contributed by atoms with Crippen molar-refractivity contribution in [1.29, 1.82) is 0 Å². The minimum Gasteiger partial charge on any atom is -0.497 e. The average Bonchev–Trinajstić information content (AvgIpc) is 2.79. The summed E-state index contributed by atoms with van der Waals surface area (Å²) in [6.45, 7) is 0.424. The second-order valence-corrected chi connectivity index (χ2v) is 9.01. The number of hydrogen-bond acceptors (Lipinski definition) is 4. The molecule has 0 fully saturated rings. The van der Waals surface area contributed by atoms with Crippen molar-refractivity contribution < 1.29 is 17.9 Å². The number of amides is 2. The number of anilines is 3. The van der Waals surface area contributed by atoms with Gasteiger partial charge >= 0.3 is 6.03 Å². The van der Waals surface area contributed by atoms with Gasteiger partial charge in [-0.2, -0.15) is 0 Å². The number of urea groups is 1. The smallest absolute Gasteiger partial charge is 0.323 e. The number of nitrogens with zero attached hydrogens (tertiary/aromatic N) is 1. The van der Waals surface area contributed by atoms with E-state index in [0.717, 1.165) is 12.0 Å². The van der Waals surface area contributed by atoms with E-state index in [1.807, 2.05) is 6.07 Å². The van der Waals surface area contributed by atoms with Gasteiger partial charge in [0.25, 0.3) is 10.0 Å². The summed E-state index contributed by atoms with van der Waals surface area (Å²) in [6.07, 6.45) is 1.45. The van der Waals surface area contributed by atoms with Crippen LogP contribution in [0.4, 0.5) is 21.9 Å². The zero-order valence-corrected chi connectivity index (χ0v) is 17.9. The maximum atomic E-state index is 13.1. The van der Waals surface area contributed by atoms with Crippen LogP contribution >= 0.6 is 0 Å². The maximum Gasteiger partial charge on any atom is 0.323 e. The molecular formula is C23H23N3O4S. The molecule has 0 spiro atoms. The summed E-state index contributed by atoms with van der Waals surface area (Å²) in [7, 11) is -2.07. The first-order valence-corrected chi connectivity index (χ1v) is 11.3. The number of hydrogen-bond donors (Lipinski definition) is 2. The maximum absolute atomic E-state index is 13.1. The fraction of sp³-hybridized carbons (Fsp3) is 0.174. The highest BCUT2D eigenvalue weighted by atomic mass is 32.2. The molecule has 8 heteroatoms. The van der Waals surface area contributed by atoms with Gasteiger partial charge in [0.2, 0.25) is 0 Å². The van der Waals surface area contributed by atoms with Crippen LogP contribution in [0.3, 0.4) is 0 Å². The van der Waals surface area contributed by atoms with E-state index < -0.39 is 16.1 Å². The minimum atomic E-state index is -3.64. The van der Waals surface area contributed by atoms with Crippen LogP contribution in [-0.4, -0.2) is 28.1 Å². The summed E-state index contributed by atoms with van der Waals surface area (Å²) in [5.41, 5.74) is 2.73. The number of rotatable bonds is 5. The molecule has 160 valence electrons. The predicted octanol–water partition coefficient (Wildman–Crippen LogP) is 4.48. The second-order valence-electron chi connectivity index (χ2n) is 7.15. The predicted molar refractivity (Wildman–Crippen MR) is 121 cm³/mol. The van der Waals surface area contributed by atoms with Gasteiger partial charge in [-0.15, -0.1) is 0 Å². The van der Waals surface area contributed by atoms with Crippen molar-refractivity contribution >= 4 is 33.1 Å². The van der Waals surface area contributed by atoms with E-state index in [-0.39, 0.29) is 4.90 Å². The van der Waals surface area contributed by atoms with Crippen molar-refractivity contribution in [3.05, 3.63) is 78.4 Å². The number of carbonyl (C=O) groups is 1. The molecule has 0 bridgehead atoms. The number of carbonyl (C=O) groups excluding carboxylic acids is 1. The molecule has 0 aliphatic carbocycles. The quantitative estimate of drug-likeness (QED) is 0.616. The Morgan fingerprint density at radius 2 is 1.68 bits per heavy atom. The van der Waals surface area contributed by atoms with Gasteiger partial charge in [-0.25, -0.2) is 13.2 Å². The lowest BCUT2D eigenvalue weighted by Crippen LogP contribution is -2.35. The lowest BCUT2D eigenvalue weighted by molar-refractivity contribution is 0.262. The van der Waals surface area contributed by atoms with E-state index in [9.17, 15) is 13.2 Å². The lowest BCUT2D eigenvalue weighted by atomic mass is 10.0. The van der Waals surface area contributed by atoms with Gasteiger partial charge in [0.05, 0.1) is 17.7 Å². The van der Waals surface area contributed by atoms with Crippen molar-refractivity contribution in [2.45, 2.75) is 17.7 Å². The Labute approximate surface area is 181 Å². The number of fused-ring (bicyclic) bond motifs is 1. The Hall–Kier alpha value is -3.52. The summed E-state index contributed by atoms with van der Waals surface area (Å²) >= 11 is 0. The molecule has 3 aromatic rings. The van der Waals surface area contributed by atoms with Crippen LogP contribution in [-0.2, 0) is 16.4 Å².